The number of carbonyl (C=O) groups is 1. The molecule has 0 aromatic rings. The Hall–Kier alpha value is -0.410. The summed E-state index contributed by atoms with van der Waals surface area (Å²) in [5.41, 5.74) is 5.34. The molecule has 1 heterocycles. The van der Waals surface area contributed by atoms with Gasteiger partial charge in [-0.1, -0.05) is 45.4 Å². The first-order valence-corrected chi connectivity index (χ1v) is 7.09. The van der Waals surface area contributed by atoms with E-state index in [-0.39, 0.29) is 5.78 Å². The number of rotatable bonds is 9. The van der Waals surface area contributed by atoms with Gasteiger partial charge in [-0.3, -0.25) is 4.79 Å². The van der Waals surface area contributed by atoms with Crippen LogP contribution in [0.1, 0.15) is 64.7 Å². The zero-order chi connectivity index (χ0) is 12.6. The number of Topliss-reactive ketones (excluding diaryl/α,β-unsaturated/α-hetero) is 1. The lowest BCUT2D eigenvalue weighted by Gasteiger charge is -2.19. The van der Waals surface area contributed by atoms with E-state index in [1.807, 2.05) is 0 Å². The Balaban J connectivity index is 2.00. The highest BCUT2D eigenvalue weighted by Crippen LogP contribution is 2.19. The van der Waals surface area contributed by atoms with E-state index in [9.17, 15) is 4.79 Å². The van der Waals surface area contributed by atoms with Gasteiger partial charge in [0.15, 0.2) is 5.78 Å². The fourth-order valence-corrected chi connectivity index (χ4v) is 2.29. The molecule has 0 amide bonds. The van der Waals surface area contributed by atoms with Crippen molar-refractivity contribution in [3.8, 4) is 0 Å². The van der Waals surface area contributed by atoms with Gasteiger partial charge in [0.25, 0.3) is 0 Å². The first-order valence-electron chi connectivity index (χ1n) is 7.09. The van der Waals surface area contributed by atoms with Crippen molar-refractivity contribution in [3.05, 3.63) is 0 Å². The van der Waals surface area contributed by atoms with E-state index in [1.165, 1.54) is 32.1 Å². The quantitative estimate of drug-likeness (QED) is 0.631. The molecule has 1 atom stereocenters. The van der Waals surface area contributed by atoms with E-state index in [1.54, 1.807) is 0 Å². The van der Waals surface area contributed by atoms with Gasteiger partial charge >= 0.3 is 0 Å². The van der Waals surface area contributed by atoms with Gasteiger partial charge in [-0.2, -0.15) is 0 Å². The molecule has 0 saturated carbocycles. The van der Waals surface area contributed by atoms with E-state index in [0.29, 0.717) is 26.1 Å². The normalized spacial score (nSPS) is 24.1. The Kier molecular flexibility index (Phi) is 6.75. The third-order valence-electron chi connectivity index (χ3n) is 3.61. The van der Waals surface area contributed by atoms with Crippen LogP contribution in [0.25, 0.3) is 0 Å². The molecule has 17 heavy (non-hydrogen) atoms. The molecule has 0 aliphatic carbocycles. The molecule has 0 aromatic carbocycles. The predicted octanol–water partition coefficient (Wildman–Crippen LogP) is 2.81. The fourth-order valence-electron chi connectivity index (χ4n) is 2.29. The molecule has 0 spiro atoms. The molecule has 0 radical (unpaired) electrons. The van der Waals surface area contributed by atoms with Gasteiger partial charge < -0.3 is 10.5 Å². The molecular weight excluding hydrogens is 214 g/mol. The van der Waals surface area contributed by atoms with Gasteiger partial charge in [0, 0.05) is 13.0 Å². The number of hydrogen-bond acceptors (Lipinski definition) is 3. The van der Waals surface area contributed by atoms with Crippen LogP contribution in [0.15, 0.2) is 0 Å². The van der Waals surface area contributed by atoms with Crippen LogP contribution in [0.2, 0.25) is 0 Å². The summed E-state index contributed by atoms with van der Waals surface area (Å²) in [7, 11) is 0. The zero-order valence-electron chi connectivity index (χ0n) is 11.2. The van der Waals surface area contributed by atoms with Crippen molar-refractivity contribution in [1.82, 2.24) is 0 Å². The Labute approximate surface area is 105 Å². The highest BCUT2D eigenvalue weighted by atomic mass is 16.5. The molecule has 3 heteroatoms. The van der Waals surface area contributed by atoms with Crippen molar-refractivity contribution in [3.63, 3.8) is 0 Å². The topological polar surface area (TPSA) is 52.3 Å². The highest BCUT2D eigenvalue weighted by molar-refractivity contribution is 5.88. The maximum atomic E-state index is 11.9. The van der Waals surface area contributed by atoms with Crippen molar-refractivity contribution in [2.75, 3.05) is 13.2 Å². The summed E-state index contributed by atoms with van der Waals surface area (Å²) < 4.78 is 5.21. The molecule has 2 N–H and O–H groups in total. The number of nitrogens with two attached hydrogens (primary N) is 1. The molecule has 1 unspecified atom stereocenters. The molecule has 3 nitrogen and oxygen atoms in total. The molecular formula is C14H27NO2. The van der Waals surface area contributed by atoms with Crippen molar-refractivity contribution < 1.29 is 9.53 Å². The van der Waals surface area contributed by atoms with E-state index in [4.69, 9.17) is 10.5 Å². The lowest BCUT2D eigenvalue weighted by Crippen LogP contribution is -2.48. The zero-order valence-corrected chi connectivity index (χ0v) is 11.2. The molecule has 0 bridgehead atoms. The van der Waals surface area contributed by atoms with Crippen LogP contribution in [0, 0.1) is 0 Å². The molecule has 1 aliphatic rings. The molecule has 0 aromatic heterocycles. The number of carbonyl (C=O) groups excluding carboxylic acids is 1. The first kappa shape index (κ1) is 14.7. The summed E-state index contributed by atoms with van der Waals surface area (Å²) in [4.78, 5) is 11.9. The average molecular weight is 241 g/mol. The number of unbranched alkanes of at least 4 members (excludes halogenated alkanes) is 6. The van der Waals surface area contributed by atoms with Gasteiger partial charge in [-0.15, -0.1) is 0 Å². The number of ketones is 1. The van der Waals surface area contributed by atoms with Crippen molar-refractivity contribution in [2.24, 2.45) is 5.73 Å². The van der Waals surface area contributed by atoms with Crippen LogP contribution in [0.3, 0.4) is 0 Å². The molecule has 100 valence electrons. The van der Waals surface area contributed by atoms with Crippen LogP contribution in [-0.4, -0.2) is 24.5 Å². The van der Waals surface area contributed by atoms with E-state index in [0.717, 1.165) is 12.8 Å². The first-order chi connectivity index (χ1) is 8.19. The van der Waals surface area contributed by atoms with Crippen molar-refractivity contribution in [1.29, 1.82) is 0 Å². The van der Waals surface area contributed by atoms with E-state index in [2.05, 4.69) is 6.92 Å². The average Bonchev–Trinajstić information content (AvgIpc) is 2.76. The van der Waals surface area contributed by atoms with Gasteiger partial charge in [0.2, 0.25) is 0 Å². The van der Waals surface area contributed by atoms with Crippen LogP contribution in [0.5, 0.6) is 0 Å². The lowest BCUT2D eigenvalue weighted by molar-refractivity contribution is -0.124. The third kappa shape index (κ3) is 5.17. The van der Waals surface area contributed by atoms with Gasteiger partial charge in [-0.05, 0) is 12.8 Å². The van der Waals surface area contributed by atoms with Crippen LogP contribution in [0.4, 0.5) is 0 Å². The minimum absolute atomic E-state index is 0.198. The second kappa shape index (κ2) is 7.83. The minimum atomic E-state index is -0.664. The Morgan fingerprint density at radius 2 is 1.82 bits per heavy atom. The summed E-state index contributed by atoms with van der Waals surface area (Å²) in [5, 5.41) is 0. The molecule has 1 saturated heterocycles. The maximum Gasteiger partial charge on any atom is 0.155 e. The standard InChI is InChI=1S/C14H27NO2/c1-2-3-4-5-6-7-8-9-13(16)14(15)10-11-17-12-14/h2-12,15H2,1H3. The SMILES string of the molecule is CCCCCCCCCC(=O)C1(N)CCOC1. The molecule has 1 aliphatic heterocycles. The van der Waals surface area contributed by atoms with Gasteiger partial charge in [0.05, 0.1) is 6.61 Å². The van der Waals surface area contributed by atoms with E-state index >= 15 is 0 Å². The number of hydrogen-bond donors (Lipinski definition) is 1. The fraction of sp³-hybridized carbons (Fsp3) is 0.929. The third-order valence-corrected chi connectivity index (χ3v) is 3.61. The summed E-state index contributed by atoms with van der Waals surface area (Å²) in [5.74, 6) is 0.198. The highest BCUT2D eigenvalue weighted by Gasteiger charge is 2.36. The molecule has 1 fully saturated rings. The summed E-state index contributed by atoms with van der Waals surface area (Å²) in [6.07, 6.45) is 9.99. The summed E-state index contributed by atoms with van der Waals surface area (Å²) in [6.45, 7) is 3.28. The molecule has 1 rings (SSSR count). The second-order valence-corrected chi connectivity index (χ2v) is 5.25. The minimum Gasteiger partial charge on any atom is -0.379 e. The predicted molar refractivity (Wildman–Crippen MR) is 70.0 cm³/mol. The Bertz CT molecular complexity index is 222. The summed E-state index contributed by atoms with van der Waals surface area (Å²) >= 11 is 0. The van der Waals surface area contributed by atoms with Crippen LogP contribution < -0.4 is 5.73 Å². The Morgan fingerprint density at radius 1 is 1.18 bits per heavy atom. The largest absolute Gasteiger partial charge is 0.379 e. The van der Waals surface area contributed by atoms with Crippen LogP contribution in [-0.2, 0) is 9.53 Å². The van der Waals surface area contributed by atoms with Crippen LogP contribution >= 0.6 is 0 Å². The second-order valence-electron chi connectivity index (χ2n) is 5.25. The Morgan fingerprint density at radius 3 is 2.41 bits per heavy atom. The van der Waals surface area contributed by atoms with Crippen molar-refractivity contribution in [2.45, 2.75) is 70.3 Å². The smallest absolute Gasteiger partial charge is 0.155 e. The number of ether oxygens (including phenoxy) is 1. The van der Waals surface area contributed by atoms with Crippen molar-refractivity contribution >= 4 is 5.78 Å². The summed E-state index contributed by atoms with van der Waals surface area (Å²) in [6, 6.07) is 0. The monoisotopic (exact) mass is 241 g/mol. The lowest BCUT2D eigenvalue weighted by atomic mass is 9.91. The maximum absolute atomic E-state index is 11.9. The van der Waals surface area contributed by atoms with Gasteiger partial charge in [-0.25, -0.2) is 0 Å². The van der Waals surface area contributed by atoms with Gasteiger partial charge in [0.1, 0.15) is 5.54 Å². The van der Waals surface area contributed by atoms with E-state index < -0.39 is 5.54 Å².